The molecule has 1 amide bonds. The van der Waals surface area contributed by atoms with E-state index in [-0.39, 0.29) is 5.92 Å². The molecule has 0 aromatic heterocycles. The Morgan fingerprint density at radius 3 is 2.06 bits per heavy atom. The molecule has 2 atom stereocenters. The van der Waals surface area contributed by atoms with Gasteiger partial charge in [0.25, 0.3) is 0 Å². The van der Waals surface area contributed by atoms with E-state index in [1.807, 2.05) is 0 Å². The molecule has 0 saturated carbocycles. The van der Waals surface area contributed by atoms with Crippen molar-refractivity contribution < 1.29 is 4.79 Å². The molecule has 2 rings (SSSR count). The summed E-state index contributed by atoms with van der Waals surface area (Å²) >= 11 is 0. The summed E-state index contributed by atoms with van der Waals surface area (Å²) < 4.78 is 0. The second-order valence-electron chi connectivity index (χ2n) is 10.9. The number of piperidine rings is 1. The molecule has 0 radical (unpaired) electrons. The molecule has 182 valence electrons. The quantitative estimate of drug-likeness (QED) is 0.238. The molecule has 0 N–H and O–H groups in total. The minimum atomic E-state index is 0.285. The van der Waals surface area contributed by atoms with Gasteiger partial charge >= 0.3 is 0 Å². The molecule has 0 aliphatic carbocycles. The molecule has 2 aliphatic heterocycles. The molecule has 0 bridgehead atoms. The third-order valence-corrected chi connectivity index (χ3v) is 8.28. The maximum atomic E-state index is 13.2. The van der Waals surface area contributed by atoms with Crippen molar-refractivity contribution in [1.29, 1.82) is 0 Å². The largest absolute Gasteiger partial charge is 0.342 e. The Kier molecular flexibility index (Phi) is 12.5. The summed E-state index contributed by atoms with van der Waals surface area (Å²) in [6.45, 7) is 15.1. The first-order valence-corrected chi connectivity index (χ1v) is 14.1. The monoisotopic (exact) mass is 434 g/mol. The standard InChI is InChI=1S/C28H54N2O/c1-5-9-11-12-17-26(14-7-3)27(31)30-21-18-28(19-22-30)23-29(24-28)20-13-16-25(8-4)15-10-6-2/h25-26H,5-24H2,1-4H3. The number of hydrogen-bond acceptors (Lipinski definition) is 2. The molecule has 31 heavy (non-hydrogen) atoms. The summed E-state index contributed by atoms with van der Waals surface area (Å²) in [5, 5.41) is 0. The molecule has 3 heteroatoms. The first-order valence-electron chi connectivity index (χ1n) is 14.1. The molecule has 2 unspecified atom stereocenters. The van der Waals surface area contributed by atoms with E-state index in [9.17, 15) is 4.79 Å². The Labute approximate surface area is 194 Å². The first kappa shape index (κ1) is 26.7. The van der Waals surface area contributed by atoms with Crippen molar-refractivity contribution in [2.24, 2.45) is 17.3 Å². The van der Waals surface area contributed by atoms with Gasteiger partial charge in [0.2, 0.25) is 5.91 Å². The molecule has 2 aliphatic rings. The Morgan fingerprint density at radius 2 is 1.45 bits per heavy atom. The zero-order valence-corrected chi connectivity index (χ0v) is 21.6. The maximum Gasteiger partial charge on any atom is 0.225 e. The van der Waals surface area contributed by atoms with Gasteiger partial charge in [0.1, 0.15) is 0 Å². The number of carbonyl (C=O) groups excluding carboxylic acids is 1. The van der Waals surface area contributed by atoms with Gasteiger partial charge in [0.05, 0.1) is 0 Å². The van der Waals surface area contributed by atoms with E-state index < -0.39 is 0 Å². The summed E-state index contributed by atoms with van der Waals surface area (Å²) in [4.78, 5) is 18.1. The van der Waals surface area contributed by atoms with Crippen molar-refractivity contribution in [1.82, 2.24) is 9.80 Å². The predicted octanol–water partition coefficient (Wildman–Crippen LogP) is 7.29. The van der Waals surface area contributed by atoms with Crippen LogP contribution in [-0.4, -0.2) is 48.4 Å². The second kappa shape index (κ2) is 14.6. The van der Waals surface area contributed by atoms with Crippen molar-refractivity contribution in [2.75, 3.05) is 32.7 Å². The number of amides is 1. The molecule has 0 aromatic rings. The van der Waals surface area contributed by atoms with Crippen molar-refractivity contribution in [3.8, 4) is 0 Å². The molecular weight excluding hydrogens is 380 g/mol. The van der Waals surface area contributed by atoms with Crippen LogP contribution in [0.4, 0.5) is 0 Å². The van der Waals surface area contributed by atoms with Crippen LogP contribution in [0.3, 0.4) is 0 Å². The lowest BCUT2D eigenvalue weighted by molar-refractivity contribution is -0.141. The van der Waals surface area contributed by atoms with Crippen LogP contribution in [0.5, 0.6) is 0 Å². The van der Waals surface area contributed by atoms with E-state index in [0.29, 0.717) is 11.3 Å². The van der Waals surface area contributed by atoms with E-state index >= 15 is 0 Å². The van der Waals surface area contributed by atoms with Crippen molar-refractivity contribution >= 4 is 5.91 Å². The Balaban J connectivity index is 1.66. The average Bonchev–Trinajstić information content (AvgIpc) is 2.77. The van der Waals surface area contributed by atoms with E-state index in [1.54, 1.807) is 0 Å². The highest BCUT2D eigenvalue weighted by molar-refractivity contribution is 5.79. The SMILES string of the molecule is CCCCCCC(CCC)C(=O)N1CCC2(CC1)CN(CCCC(CC)CCCC)C2. The van der Waals surface area contributed by atoms with Gasteiger partial charge in [-0.3, -0.25) is 4.79 Å². The Bertz CT molecular complexity index is 475. The molecule has 2 saturated heterocycles. The van der Waals surface area contributed by atoms with Gasteiger partial charge in [-0.1, -0.05) is 85.5 Å². The minimum absolute atomic E-state index is 0.285. The molecule has 2 fully saturated rings. The van der Waals surface area contributed by atoms with Crippen molar-refractivity contribution in [3.63, 3.8) is 0 Å². The van der Waals surface area contributed by atoms with Gasteiger partial charge in [-0.05, 0) is 56.4 Å². The van der Waals surface area contributed by atoms with Gasteiger partial charge in [-0.15, -0.1) is 0 Å². The van der Waals surface area contributed by atoms with Crippen LogP contribution < -0.4 is 0 Å². The van der Waals surface area contributed by atoms with Gasteiger partial charge in [0, 0.05) is 32.1 Å². The summed E-state index contributed by atoms with van der Waals surface area (Å²) in [5.74, 6) is 1.71. The highest BCUT2D eigenvalue weighted by Crippen LogP contribution is 2.41. The lowest BCUT2D eigenvalue weighted by atomic mass is 9.71. The second-order valence-corrected chi connectivity index (χ2v) is 10.9. The van der Waals surface area contributed by atoms with Crippen LogP contribution in [0, 0.1) is 17.3 Å². The molecule has 0 aromatic carbocycles. The van der Waals surface area contributed by atoms with Crippen molar-refractivity contribution in [3.05, 3.63) is 0 Å². The number of likely N-dealkylation sites (tertiary alicyclic amines) is 2. The first-order chi connectivity index (χ1) is 15.1. The normalized spacial score (nSPS) is 20.6. The van der Waals surface area contributed by atoms with Crippen LogP contribution in [0.15, 0.2) is 0 Å². The zero-order valence-electron chi connectivity index (χ0n) is 21.6. The highest BCUT2D eigenvalue weighted by atomic mass is 16.2. The van der Waals surface area contributed by atoms with E-state index in [2.05, 4.69) is 37.5 Å². The fourth-order valence-electron chi connectivity index (χ4n) is 6.04. The maximum absolute atomic E-state index is 13.2. The summed E-state index contributed by atoms with van der Waals surface area (Å²) in [7, 11) is 0. The van der Waals surface area contributed by atoms with E-state index in [1.165, 1.54) is 96.7 Å². The summed E-state index contributed by atoms with van der Waals surface area (Å²) in [6.07, 6.45) is 19.2. The van der Waals surface area contributed by atoms with Crippen LogP contribution in [-0.2, 0) is 4.79 Å². The number of carbonyl (C=O) groups is 1. The Morgan fingerprint density at radius 1 is 0.774 bits per heavy atom. The average molecular weight is 435 g/mol. The predicted molar refractivity (Wildman–Crippen MR) is 134 cm³/mol. The van der Waals surface area contributed by atoms with E-state index in [4.69, 9.17) is 0 Å². The van der Waals surface area contributed by atoms with E-state index in [0.717, 1.165) is 38.3 Å². The van der Waals surface area contributed by atoms with Gasteiger partial charge in [-0.25, -0.2) is 0 Å². The fraction of sp³-hybridized carbons (Fsp3) is 0.964. The molecule has 3 nitrogen and oxygen atoms in total. The number of rotatable bonds is 16. The Hall–Kier alpha value is -0.570. The lowest BCUT2D eigenvalue weighted by Gasteiger charge is -2.54. The fourth-order valence-corrected chi connectivity index (χ4v) is 6.04. The number of nitrogens with zero attached hydrogens (tertiary/aromatic N) is 2. The van der Waals surface area contributed by atoms with Crippen LogP contribution in [0.25, 0.3) is 0 Å². The smallest absolute Gasteiger partial charge is 0.225 e. The topological polar surface area (TPSA) is 23.6 Å². The summed E-state index contributed by atoms with van der Waals surface area (Å²) in [5.41, 5.74) is 0.532. The number of hydrogen-bond donors (Lipinski definition) is 0. The molecule has 2 heterocycles. The van der Waals surface area contributed by atoms with Crippen LogP contribution >= 0.6 is 0 Å². The summed E-state index contributed by atoms with van der Waals surface area (Å²) in [6, 6.07) is 0. The highest BCUT2D eigenvalue weighted by Gasteiger charge is 2.45. The van der Waals surface area contributed by atoms with Crippen LogP contribution in [0.1, 0.15) is 124 Å². The third kappa shape index (κ3) is 8.71. The molecular formula is C28H54N2O. The number of unbranched alkanes of at least 4 members (excludes halogenated alkanes) is 4. The van der Waals surface area contributed by atoms with Gasteiger partial charge in [0.15, 0.2) is 0 Å². The third-order valence-electron chi connectivity index (χ3n) is 8.28. The van der Waals surface area contributed by atoms with Gasteiger partial charge in [-0.2, -0.15) is 0 Å². The zero-order chi connectivity index (χ0) is 22.5. The lowest BCUT2D eigenvalue weighted by Crippen LogP contribution is -2.61. The van der Waals surface area contributed by atoms with Crippen LogP contribution in [0.2, 0.25) is 0 Å². The molecule has 1 spiro atoms. The minimum Gasteiger partial charge on any atom is -0.342 e. The van der Waals surface area contributed by atoms with Crippen molar-refractivity contribution in [2.45, 2.75) is 124 Å². The van der Waals surface area contributed by atoms with Gasteiger partial charge < -0.3 is 9.80 Å².